The lowest BCUT2D eigenvalue weighted by atomic mass is 9.83. The van der Waals surface area contributed by atoms with E-state index in [1.165, 1.54) is 0 Å². The van der Waals surface area contributed by atoms with Gasteiger partial charge in [0.1, 0.15) is 18.0 Å². The number of fused-ring (bicyclic) bond motifs is 3. The Morgan fingerprint density at radius 2 is 2.06 bits per heavy atom. The van der Waals surface area contributed by atoms with Crippen molar-refractivity contribution in [1.82, 2.24) is 10.3 Å². The first kappa shape index (κ1) is 21.9. The lowest BCUT2D eigenvalue weighted by Gasteiger charge is -2.37. The molecule has 2 aliphatic heterocycles. The van der Waals surface area contributed by atoms with Crippen molar-refractivity contribution >= 4 is 17.5 Å². The fraction of sp³-hybridized carbons (Fsp3) is 0.480. The summed E-state index contributed by atoms with van der Waals surface area (Å²) in [5.74, 6) is 0.785. The van der Waals surface area contributed by atoms with Crippen LogP contribution in [0.1, 0.15) is 49.3 Å². The number of carbonyl (C=O) groups is 2. The predicted octanol–water partition coefficient (Wildman–Crippen LogP) is 2.52. The summed E-state index contributed by atoms with van der Waals surface area (Å²) in [6.45, 7) is 0.171. The minimum absolute atomic E-state index is 0.0138. The molecule has 1 saturated heterocycles. The van der Waals surface area contributed by atoms with E-state index >= 15 is 0 Å². The van der Waals surface area contributed by atoms with E-state index in [2.05, 4.69) is 15.6 Å². The average Bonchev–Trinajstić information content (AvgIpc) is 3.14. The maximum Gasteiger partial charge on any atom is 0.227 e. The van der Waals surface area contributed by atoms with Gasteiger partial charge in [0.25, 0.3) is 0 Å². The largest absolute Gasteiger partial charge is 0.487 e. The van der Waals surface area contributed by atoms with Crippen molar-refractivity contribution in [3.63, 3.8) is 0 Å². The molecule has 1 aromatic heterocycles. The zero-order valence-corrected chi connectivity index (χ0v) is 18.4. The molecule has 8 heteroatoms. The number of nitrogens with zero attached hydrogens (tertiary/aromatic N) is 1. The van der Waals surface area contributed by atoms with Gasteiger partial charge in [0, 0.05) is 29.3 Å². The summed E-state index contributed by atoms with van der Waals surface area (Å²) in [7, 11) is 0. The van der Waals surface area contributed by atoms with Gasteiger partial charge in [-0.15, -0.1) is 0 Å². The Hall–Kier alpha value is -2.97. The van der Waals surface area contributed by atoms with Crippen LogP contribution in [0.25, 0.3) is 0 Å². The first-order valence-corrected chi connectivity index (χ1v) is 11.6. The molecule has 4 atom stereocenters. The molecule has 0 spiro atoms. The molecule has 1 aromatic carbocycles. The van der Waals surface area contributed by atoms with Crippen LogP contribution in [-0.2, 0) is 20.9 Å². The van der Waals surface area contributed by atoms with Gasteiger partial charge in [0.15, 0.2) is 0 Å². The highest BCUT2D eigenvalue weighted by Gasteiger charge is 2.46. The summed E-state index contributed by atoms with van der Waals surface area (Å²) >= 11 is 0. The number of aliphatic hydroxyl groups excluding tert-OH is 1. The maximum absolute atomic E-state index is 12.5. The smallest absolute Gasteiger partial charge is 0.227 e. The minimum Gasteiger partial charge on any atom is -0.487 e. The highest BCUT2D eigenvalue weighted by molar-refractivity contribution is 5.93. The summed E-state index contributed by atoms with van der Waals surface area (Å²) in [6, 6.07) is 11.3. The first-order valence-electron chi connectivity index (χ1n) is 11.6. The van der Waals surface area contributed by atoms with Gasteiger partial charge in [-0.25, -0.2) is 0 Å². The predicted molar refractivity (Wildman–Crippen MR) is 121 cm³/mol. The average molecular weight is 452 g/mol. The van der Waals surface area contributed by atoms with Gasteiger partial charge in [0.2, 0.25) is 11.8 Å². The number of amides is 2. The fourth-order valence-electron chi connectivity index (χ4n) is 4.85. The van der Waals surface area contributed by atoms with Crippen molar-refractivity contribution in [3.8, 4) is 5.75 Å². The number of carbonyl (C=O) groups excluding carboxylic acids is 2. The van der Waals surface area contributed by atoms with E-state index in [1.807, 2.05) is 36.4 Å². The third-order valence-corrected chi connectivity index (χ3v) is 6.85. The number of nitrogens with one attached hydrogen (secondary N) is 2. The number of hydrogen-bond donors (Lipinski definition) is 3. The molecule has 2 fully saturated rings. The number of aromatic nitrogens is 1. The molecule has 8 nitrogen and oxygen atoms in total. The van der Waals surface area contributed by atoms with Gasteiger partial charge in [-0.2, -0.15) is 0 Å². The van der Waals surface area contributed by atoms with Gasteiger partial charge in [-0.3, -0.25) is 14.6 Å². The number of pyridine rings is 1. The molecule has 3 N–H and O–H groups in total. The molecule has 174 valence electrons. The second-order valence-electron chi connectivity index (χ2n) is 9.08. The lowest BCUT2D eigenvalue weighted by molar-refractivity contribution is -0.142. The monoisotopic (exact) mass is 451 g/mol. The summed E-state index contributed by atoms with van der Waals surface area (Å²) in [5, 5.41) is 15.8. The Balaban J connectivity index is 1.25. The van der Waals surface area contributed by atoms with Crippen LogP contribution < -0.4 is 15.4 Å². The van der Waals surface area contributed by atoms with Crippen LogP contribution in [0.3, 0.4) is 0 Å². The van der Waals surface area contributed by atoms with Crippen LogP contribution in [0.15, 0.2) is 42.6 Å². The molecule has 1 aliphatic carbocycles. The van der Waals surface area contributed by atoms with Gasteiger partial charge >= 0.3 is 0 Å². The molecule has 2 amide bonds. The number of aliphatic hydroxyl groups is 1. The first-order chi connectivity index (χ1) is 16.1. The summed E-state index contributed by atoms with van der Waals surface area (Å²) in [4.78, 5) is 29.1. The topological polar surface area (TPSA) is 110 Å². The normalized spacial score (nSPS) is 25.8. The lowest BCUT2D eigenvalue weighted by Crippen LogP contribution is -2.47. The van der Waals surface area contributed by atoms with Crippen LogP contribution in [0.4, 0.5) is 5.69 Å². The van der Waals surface area contributed by atoms with Gasteiger partial charge < -0.3 is 25.2 Å². The third kappa shape index (κ3) is 4.72. The Morgan fingerprint density at radius 3 is 2.79 bits per heavy atom. The zero-order chi connectivity index (χ0) is 22.8. The summed E-state index contributed by atoms with van der Waals surface area (Å²) < 4.78 is 12.1. The van der Waals surface area contributed by atoms with E-state index in [9.17, 15) is 14.7 Å². The van der Waals surface area contributed by atoms with Crippen molar-refractivity contribution in [2.75, 3.05) is 11.9 Å². The van der Waals surface area contributed by atoms with Crippen molar-refractivity contribution < 1.29 is 24.2 Å². The third-order valence-electron chi connectivity index (χ3n) is 6.85. The van der Waals surface area contributed by atoms with E-state index in [-0.39, 0.29) is 48.9 Å². The molecule has 0 radical (unpaired) electrons. The number of rotatable bonds is 7. The summed E-state index contributed by atoms with van der Waals surface area (Å²) in [5.41, 5.74) is 2.54. The number of anilines is 1. The zero-order valence-electron chi connectivity index (χ0n) is 18.4. The molecule has 2 aromatic rings. The molecule has 5 rings (SSSR count). The molecule has 0 bridgehead atoms. The number of hydrogen-bond acceptors (Lipinski definition) is 6. The van der Waals surface area contributed by atoms with Crippen LogP contribution in [0, 0.1) is 5.92 Å². The number of benzene rings is 1. The molecule has 3 aliphatic rings. The Morgan fingerprint density at radius 1 is 1.18 bits per heavy atom. The molecule has 3 heterocycles. The fourth-order valence-corrected chi connectivity index (χ4v) is 4.85. The number of ether oxygens (including phenoxy) is 2. The maximum atomic E-state index is 12.5. The van der Waals surface area contributed by atoms with Gasteiger partial charge in [0.05, 0.1) is 31.4 Å². The second kappa shape index (κ2) is 9.49. The highest BCUT2D eigenvalue weighted by Crippen LogP contribution is 2.47. The van der Waals surface area contributed by atoms with E-state index < -0.39 is 6.10 Å². The standard InChI is InChI=1S/C25H29N3O5/c29-14-22-24-20(11-18(32-22)12-23(30)27-13-17-6-1-2-9-26-17)19-10-16(7-8-21(19)33-24)28-25(31)15-4-3-5-15/h1-2,6-10,15,18,20,22,24,29H,3-5,11-14H2,(H,27,30)(H,28,31)/t18-,20-,22-,24+/m1/s1. The van der Waals surface area contributed by atoms with Crippen molar-refractivity contribution in [2.24, 2.45) is 5.92 Å². The Labute approximate surface area is 192 Å². The van der Waals surface area contributed by atoms with Crippen LogP contribution in [0.2, 0.25) is 0 Å². The second-order valence-corrected chi connectivity index (χ2v) is 9.08. The molecular weight excluding hydrogens is 422 g/mol. The Kier molecular flexibility index (Phi) is 6.28. The van der Waals surface area contributed by atoms with Crippen molar-refractivity contribution in [2.45, 2.75) is 62.9 Å². The van der Waals surface area contributed by atoms with Crippen molar-refractivity contribution in [3.05, 3.63) is 53.9 Å². The minimum atomic E-state index is -0.516. The molecule has 33 heavy (non-hydrogen) atoms. The van der Waals surface area contributed by atoms with E-state index in [0.29, 0.717) is 13.0 Å². The van der Waals surface area contributed by atoms with Crippen LogP contribution in [0.5, 0.6) is 5.75 Å². The Bertz CT molecular complexity index is 1010. The SMILES string of the molecule is O=C(C[C@H]1C[C@@H]2c3cc(NC(=O)C4CCC4)ccc3O[C@@H]2[C@@H](CO)O1)NCc1ccccn1. The van der Waals surface area contributed by atoms with Gasteiger partial charge in [-0.05, 0) is 49.6 Å². The van der Waals surface area contributed by atoms with Crippen LogP contribution in [-0.4, -0.2) is 46.8 Å². The van der Waals surface area contributed by atoms with E-state index in [0.717, 1.165) is 42.0 Å². The van der Waals surface area contributed by atoms with Gasteiger partial charge in [-0.1, -0.05) is 12.5 Å². The molecule has 0 unspecified atom stereocenters. The highest BCUT2D eigenvalue weighted by atomic mass is 16.6. The quantitative estimate of drug-likeness (QED) is 0.597. The molecular formula is C25H29N3O5. The summed E-state index contributed by atoms with van der Waals surface area (Å²) in [6.07, 6.45) is 4.33. The molecule has 1 saturated carbocycles. The van der Waals surface area contributed by atoms with E-state index in [1.54, 1.807) is 6.20 Å². The van der Waals surface area contributed by atoms with Crippen molar-refractivity contribution in [1.29, 1.82) is 0 Å². The van der Waals surface area contributed by atoms with Crippen LogP contribution >= 0.6 is 0 Å². The van der Waals surface area contributed by atoms with E-state index in [4.69, 9.17) is 9.47 Å².